The average Bonchev–Trinajstić information content (AvgIpc) is 2.70. The molecule has 1 aromatic heterocycles. The van der Waals surface area contributed by atoms with Gasteiger partial charge in [0.05, 0.1) is 12.6 Å². The van der Waals surface area contributed by atoms with Gasteiger partial charge in [-0.15, -0.1) is 0 Å². The van der Waals surface area contributed by atoms with Crippen LogP contribution in [0.25, 0.3) is 10.8 Å². The maximum atomic E-state index is 12.7. The molecule has 1 amide bonds. The first-order valence-corrected chi connectivity index (χ1v) is 9.85. The summed E-state index contributed by atoms with van der Waals surface area (Å²) in [5.41, 5.74) is 1.21. The van der Waals surface area contributed by atoms with Gasteiger partial charge in [0.25, 0.3) is 0 Å². The lowest BCUT2D eigenvalue weighted by atomic mass is 10.0. The van der Waals surface area contributed by atoms with Gasteiger partial charge in [0.2, 0.25) is 0 Å². The van der Waals surface area contributed by atoms with Crippen molar-refractivity contribution in [3.05, 3.63) is 78.1 Å². The van der Waals surface area contributed by atoms with Crippen LogP contribution in [-0.4, -0.2) is 39.8 Å². The largest absolute Gasteiger partial charge is 0.444 e. The molecule has 5 nitrogen and oxygen atoms in total. The molecule has 3 aromatic rings. The van der Waals surface area contributed by atoms with E-state index in [1.165, 1.54) is 10.8 Å². The minimum absolute atomic E-state index is 0.147. The van der Waals surface area contributed by atoms with Gasteiger partial charge in [0.1, 0.15) is 5.60 Å². The monoisotopic (exact) mass is 392 g/mol. The summed E-state index contributed by atoms with van der Waals surface area (Å²) in [5, 5.41) is 12.9. The molecule has 0 saturated carbocycles. The minimum atomic E-state index is -0.826. The van der Waals surface area contributed by atoms with E-state index in [0.717, 1.165) is 5.56 Å². The molecule has 1 N–H and O–H groups in total. The van der Waals surface area contributed by atoms with Crippen LogP contribution in [0, 0.1) is 0 Å². The summed E-state index contributed by atoms with van der Waals surface area (Å²) in [6, 6.07) is 18.1. The lowest BCUT2D eigenvalue weighted by Crippen LogP contribution is -2.40. The number of aliphatic hydroxyl groups is 1. The number of pyridine rings is 1. The first kappa shape index (κ1) is 20.8. The number of amides is 1. The molecular formula is C24H28N2O3. The van der Waals surface area contributed by atoms with Gasteiger partial charge in [-0.3, -0.25) is 4.98 Å². The second-order valence-electron chi connectivity index (χ2n) is 8.16. The van der Waals surface area contributed by atoms with Gasteiger partial charge < -0.3 is 14.7 Å². The SMILES string of the molecule is CC(C)(C)OC(=O)N(CCc1ccc2ccccc2c1)CC(O)c1cccnc1. The van der Waals surface area contributed by atoms with Gasteiger partial charge in [0.15, 0.2) is 0 Å². The Morgan fingerprint density at radius 1 is 1.10 bits per heavy atom. The molecule has 1 unspecified atom stereocenters. The molecule has 0 aliphatic heterocycles. The van der Waals surface area contributed by atoms with Gasteiger partial charge in [-0.05, 0) is 49.6 Å². The summed E-state index contributed by atoms with van der Waals surface area (Å²) in [4.78, 5) is 18.3. The molecule has 0 aliphatic carbocycles. The van der Waals surface area contributed by atoms with E-state index in [1.807, 2.05) is 32.9 Å². The molecule has 0 fully saturated rings. The number of hydrogen-bond donors (Lipinski definition) is 1. The van der Waals surface area contributed by atoms with Crippen LogP contribution < -0.4 is 0 Å². The van der Waals surface area contributed by atoms with Crippen molar-refractivity contribution in [2.75, 3.05) is 13.1 Å². The van der Waals surface area contributed by atoms with Crippen LogP contribution >= 0.6 is 0 Å². The zero-order chi connectivity index (χ0) is 20.9. The standard InChI is InChI=1S/C24H28N2O3/c1-24(2,3)29-23(28)26(17-22(27)21-9-6-13-25-16-21)14-12-18-10-11-19-7-4-5-8-20(19)15-18/h4-11,13,15-16,22,27H,12,14,17H2,1-3H3. The van der Waals surface area contributed by atoms with Crippen LogP contribution in [0.2, 0.25) is 0 Å². The van der Waals surface area contributed by atoms with Crippen molar-refractivity contribution in [3.8, 4) is 0 Å². The van der Waals surface area contributed by atoms with E-state index < -0.39 is 17.8 Å². The number of carbonyl (C=O) groups is 1. The molecule has 0 radical (unpaired) electrons. The smallest absolute Gasteiger partial charge is 0.410 e. The maximum Gasteiger partial charge on any atom is 0.410 e. The second-order valence-corrected chi connectivity index (χ2v) is 8.16. The van der Waals surface area contributed by atoms with E-state index >= 15 is 0 Å². The first-order valence-electron chi connectivity index (χ1n) is 9.85. The number of ether oxygens (including phenoxy) is 1. The summed E-state index contributed by atoms with van der Waals surface area (Å²) in [7, 11) is 0. The molecule has 29 heavy (non-hydrogen) atoms. The van der Waals surface area contributed by atoms with Crippen molar-refractivity contribution >= 4 is 16.9 Å². The fourth-order valence-corrected chi connectivity index (χ4v) is 3.13. The fraction of sp³-hybridized carbons (Fsp3) is 0.333. The predicted octanol–water partition coefficient (Wildman–Crippen LogP) is 4.75. The van der Waals surface area contributed by atoms with Crippen LogP contribution in [0.1, 0.15) is 38.0 Å². The number of nitrogens with zero attached hydrogens (tertiary/aromatic N) is 2. The van der Waals surface area contributed by atoms with Gasteiger partial charge in [-0.25, -0.2) is 4.79 Å². The normalized spacial score (nSPS) is 12.6. The summed E-state index contributed by atoms with van der Waals surface area (Å²) >= 11 is 0. The summed E-state index contributed by atoms with van der Waals surface area (Å²) in [5.74, 6) is 0. The molecule has 5 heteroatoms. The third kappa shape index (κ3) is 6.03. The fourth-order valence-electron chi connectivity index (χ4n) is 3.13. The number of carbonyl (C=O) groups excluding carboxylic acids is 1. The van der Waals surface area contributed by atoms with Crippen LogP contribution in [0.3, 0.4) is 0 Å². The number of hydrogen-bond acceptors (Lipinski definition) is 4. The van der Waals surface area contributed by atoms with Crippen molar-refractivity contribution in [2.24, 2.45) is 0 Å². The van der Waals surface area contributed by atoms with Crippen molar-refractivity contribution < 1.29 is 14.6 Å². The number of benzene rings is 2. The van der Waals surface area contributed by atoms with E-state index in [4.69, 9.17) is 4.74 Å². The highest BCUT2D eigenvalue weighted by Gasteiger charge is 2.24. The van der Waals surface area contributed by atoms with Crippen LogP contribution in [0.5, 0.6) is 0 Å². The Labute approximate surface area is 172 Å². The first-order chi connectivity index (χ1) is 13.8. The van der Waals surface area contributed by atoms with Crippen molar-refractivity contribution in [1.29, 1.82) is 0 Å². The third-order valence-corrected chi connectivity index (χ3v) is 4.60. The molecule has 152 valence electrons. The molecule has 2 aromatic carbocycles. The van der Waals surface area contributed by atoms with E-state index in [2.05, 4.69) is 35.3 Å². The Bertz CT molecular complexity index is 951. The number of fused-ring (bicyclic) bond motifs is 1. The van der Waals surface area contributed by atoms with E-state index in [-0.39, 0.29) is 6.54 Å². The summed E-state index contributed by atoms with van der Waals surface area (Å²) in [6.45, 7) is 6.11. The van der Waals surface area contributed by atoms with Crippen LogP contribution in [-0.2, 0) is 11.2 Å². The zero-order valence-corrected chi connectivity index (χ0v) is 17.2. The Morgan fingerprint density at radius 3 is 2.55 bits per heavy atom. The van der Waals surface area contributed by atoms with Crippen molar-refractivity contribution in [1.82, 2.24) is 9.88 Å². The lowest BCUT2D eigenvalue weighted by molar-refractivity contribution is 0.0147. The second kappa shape index (κ2) is 9.05. The van der Waals surface area contributed by atoms with E-state index in [1.54, 1.807) is 29.4 Å². The molecule has 0 spiro atoms. The maximum absolute atomic E-state index is 12.7. The number of rotatable bonds is 6. The third-order valence-electron chi connectivity index (χ3n) is 4.60. The van der Waals surface area contributed by atoms with Gasteiger partial charge in [0, 0.05) is 24.5 Å². The molecule has 0 bridgehead atoms. The number of aliphatic hydroxyl groups excluding tert-OH is 1. The molecule has 0 saturated heterocycles. The van der Waals surface area contributed by atoms with Crippen molar-refractivity contribution in [2.45, 2.75) is 38.9 Å². The topological polar surface area (TPSA) is 62.7 Å². The zero-order valence-electron chi connectivity index (χ0n) is 17.2. The minimum Gasteiger partial charge on any atom is -0.444 e. The predicted molar refractivity (Wildman–Crippen MR) is 115 cm³/mol. The van der Waals surface area contributed by atoms with Gasteiger partial charge in [-0.2, -0.15) is 0 Å². The quantitative estimate of drug-likeness (QED) is 0.658. The molecule has 1 heterocycles. The van der Waals surface area contributed by atoms with Gasteiger partial charge in [-0.1, -0.05) is 48.5 Å². The molecule has 0 aliphatic rings. The highest BCUT2D eigenvalue weighted by atomic mass is 16.6. The summed E-state index contributed by atoms with van der Waals surface area (Å²) < 4.78 is 5.56. The Kier molecular flexibility index (Phi) is 6.49. The molecular weight excluding hydrogens is 364 g/mol. The average molecular weight is 392 g/mol. The Morgan fingerprint density at radius 2 is 1.86 bits per heavy atom. The highest BCUT2D eigenvalue weighted by molar-refractivity contribution is 5.83. The van der Waals surface area contributed by atoms with Gasteiger partial charge >= 0.3 is 6.09 Å². The Balaban J connectivity index is 1.73. The Hall–Kier alpha value is -2.92. The molecule has 3 rings (SSSR count). The van der Waals surface area contributed by atoms with Crippen LogP contribution in [0.15, 0.2) is 67.0 Å². The molecule has 1 atom stereocenters. The highest BCUT2D eigenvalue weighted by Crippen LogP contribution is 2.19. The summed E-state index contributed by atoms with van der Waals surface area (Å²) in [6.07, 6.45) is 2.68. The van der Waals surface area contributed by atoms with E-state index in [0.29, 0.717) is 18.5 Å². The van der Waals surface area contributed by atoms with Crippen LogP contribution in [0.4, 0.5) is 4.79 Å². The number of aromatic nitrogens is 1. The lowest BCUT2D eigenvalue weighted by Gasteiger charge is -2.29. The van der Waals surface area contributed by atoms with Crippen molar-refractivity contribution in [3.63, 3.8) is 0 Å². The van der Waals surface area contributed by atoms with E-state index in [9.17, 15) is 9.90 Å².